The van der Waals surface area contributed by atoms with Crippen LogP contribution in [0.4, 0.5) is 0 Å². The van der Waals surface area contributed by atoms with Gasteiger partial charge in [0.15, 0.2) is 20.9 Å². The highest BCUT2D eigenvalue weighted by Gasteiger charge is 2.41. The summed E-state index contributed by atoms with van der Waals surface area (Å²) < 4.78 is 22.2. The molecule has 1 aliphatic carbocycles. The van der Waals surface area contributed by atoms with E-state index in [0.29, 0.717) is 37.0 Å². The molecule has 0 spiro atoms. The lowest BCUT2D eigenvalue weighted by Crippen LogP contribution is -2.43. The van der Waals surface area contributed by atoms with Gasteiger partial charge in [-0.05, 0) is 42.6 Å². The van der Waals surface area contributed by atoms with E-state index in [2.05, 4.69) is 33.9 Å². The van der Waals surface area contributed by atoms with Crippen molar-refractivity contribution in [1.82, 2.24) is 0 Å². The first-order valence-corrected chi connectivity index (χ1v) is 13.6. The summed E-state index contributed by atoms with van der Waals surface area (Å²) in [5, 5.41) is 0.0684. The number of hydrogen-bond donors (Lipinski definition) is 0. The lowest BCUT2D eigenvalue weighted by molar-refractivity contribution is -0.140. The first-order chi connectivity index (χ1) is 14.5. The topological polar surface area (TPSA) is 71.1 Å². The van der Waals surface area contributed by atoms with Gasteiger partial charge < -0.3 is 18.6 Å². The number of carbonyl (C=O) groups excluding carboxylic acids is 2. The molecule has 0 N–H and O–H groups in total. The molecule has 0 aliphatic heterocycles. The molecule has 6 nitrogen and oxygen atoms in total. The van der Waals surface area contributed by atoms with Crippen LogP contribution in [0.3, 0.4) is 0 Å². The number of hydrogen-bond acceptors (Lipinski definition) is 6. The molecule has 7 heteroatoms. The molecule has 1 atom stereocenters. The zero-order valence-electron chi connectivity index (χ0n) is 19.9. The summed E-state index contributed by atoms with van der Waals surface area (Å²) in [6, 6.07) is 5.77. The molecule has 0 aromatic heterocycles. The summed E-state index contributed by atoms with van der Waals surface area (Å²) in [6.45, 7) is 11.0. The van der Waals surface area contributed by atoms with E-state index in [4.69, 9.17) is 18.6 Å². The molecule has 2 rings (SSSR count). The Kier molecular flexibility index (Phi) is 8.62. The second kappa shape index (κ2) is 10.6. The Morgan fingerprint density at radius 2 is 1.90 bits per heavy atom. The fraction of sp³-hybridized carbons (Fsp3) is 0.583. The van der Waals surface area contributed by atoms with Crippen molar-refractivity contribution in [1.29, 1.82) is 0 Å². The van der Waals surface area contributed by atoms with E-state index in [-0.39, 0.29) is 29.7 Å². The summed E-state index contributed by atoms with van der Waals surface area (Å²) in [4.78, 5) is 24.4. The molecular weight excluding hydrogens is 412 g/mol. The fourth-order valence-corrected chi connectivity index (χ4v) is 4.57. The Morgan fingerprint density at radius 1 is 1.19 bits per heavy atom. The van der Waals surface area contributed by atoms with Crippen molar-refractivity contribution in [2.24, 2.45) is 0 Å². The van der Waals surface area contributed by atoms with Gasteiger partial charge >= 0.3 is 5.97 Å². The molecule has 1 aromatic carbocycles. The van der Waals surface area contributed by atoms with Gasteiger partial charge in [0.05, 0.1) is 13.2 Å². The maximum Gasteiger partial charge on any atom is 0.305 e. The van der Waals surface area contributed by atoms with Crippen LogP contribution in [0.15, 0.2) is 24.3 Å². The highest BCUT2D eigenvalue weighted by molar-refractivity contribution is 6.74. The Morgan fingerprint density at radius 3 is 2.52 bits per heavy atom. The van der Waals surface area contributed by atoms with Crippen LogP contribution in [0, 0.1) is 0 Å². The van der Waals surface area contributed by atoms with Crippen molar-refractivity contribution in [3.63, 3.8) is 0 Å². The SMILES string of the molecule is COCOc1c(CCCC(=O)OC)cccc1C1=CC(O[Si](C)(C)C(C)(C)C)CC1=O. The van der Waals surface area contributed by atoms with E-state index in [1.54, 1.807) is 7.11 Å². The number of para-hydroxylation sites is 1. The number of esters is 1. The van der Waals surface area contributed by atoms with Gasteiger partial charge in [0, 0.05) is 31.1 Å². The third-order valence-electron chi connectivity index (χ3n) is 6.05. The van der Waals surface area contributed by atoms with Crippen LogP contribution in [0.5, 0.6) is 5.75 Å². The molecule has 1 aromatic rings. The largest absolute Gasteiger partial charge is 0.469 e. The summed E-state index contributed by atoms with van der Waals surface area (Å²) >= 11 is 0. The number of ether oxygens (including phenoxy) is 3. The van der Waals surface area contributed by atoms with E-state index in [1.807, 2.05) is 24.3 Å². The molecule has 1 aliphatic rings. The zero-order valence-corrected chi connectivity index (χ0v) is 20.9. The number of ketones is 1. The first kappa shape index (κ1) is 25.3. The van der Waals surface area contributed by atoms with Crippen LogP contribution in [-0.2, 0) is 29.9 Å². The van der Waals surface area contributed by atoms with Crippen molar-refractivity contribution < 1.29 is 28.2 Å². The summed E-state index contributed by atoms with van der Waals surface area (Å²) in [5.74, 6) is 0.439. The summed E-state index contributed by atoms with van der Waals surface area (Å²) in [6.07, 6.45) is 3.65. The van der Waals surface area contributed by atoms with Crippen molar-refractivity contribution in [2.45, 2.75) is 70.7 Å². The first-order valence-electron chi connectivity index (χ1n) is 10.7. The van der Waals surface area contributed by atoms with Gasteiger partial charge in [-0.2, -0.15) is 0 Å². The number of Topliss-reactive ketones (excluding diaryl/α,β-unsaturated/α-hetero) is 1. The number of benzene rings is 1. The van der Waals surface area contributed by atoms with Gasteiger partial charge in [0.2, 0.25) is 0 Å². The quantitative estimate of drug-likeness (QED) is 0.288. The van der Waals surface area contributed by atoms with Crippen LogP contribution in [0.25, 0.3) is 5.57 Å². The molecule has 0 radical (unpaired) electrons. The number of aryl methyl sites for hydroxylation is 1. The van der Waals surface area contributed by atoms with Crippen molar-refractivity contribution >= 4 is 25.6 Å². The molecule has 0 bridgehead atoms. The van der Waals surface area contributed by atoms with E-state index in [0.717, 1.165) is 11.1 Å². The zero-order chi connectivity index (χ0) is 23.2. The maximum absolute atomic E-state index is 12.9. The Hall–Kier alpha value is -1.96. The normalized spacial score (nSPS) is 16.9. The number of rotatable bonds is 10. The number of methoxy groups -OCH3 is 2. The van der Waals surface area contributed by atoms with Crippen molar-refractivity contribution in [3.05, 3.63) is 35.4 Å². The third kappa shape index (κ3) is 6.51. The smallest absolute Gasteiger partial charge is 0.305 e. The molecule has 0 fully saturated rings. The van der Waals surface area contributed by atoms with Gasteiger partial charge in [0.1, 0.15) is 5.75 Å². The molecule has 172 valence electrons. The highest BCUT2D eigenvalue weighted by Crippen LogP contribution is 2.41. The minimum absolute atomic E-state index is 0.0534. The van der Waals surface area contributed by atoms with Crippen LogP contribution in [0.1, 0.15) is 51.2 Å². The average Bonchev–Trinajstić information content (AvgIpc) is 3.04. The van der Waals surface area contributed by atoms with Crippen LogP contribution >= 0.6 is 0 Å². The van der Waals surface area contributed by atoms with E-state index < -0.39 is 8.32 Å². The molecule has 31 heavy (non-hydrogen) atoms. The molecule has 0 amide bonds. The standard InChI is InChI=1S/C24H36O6Si/c1-24(2,3)31(6,7)30-18-14-20(21(25)15-18)19-12-8-10-17(23(19)29-16-27-4)11-9-13-22(26)28-5/h8,10,12,14,18H,9,11,13,15-16H2,1-7H3. The minimum Gasteiger partial charge on any atom is -0.469 e. The Balaban J connectivity index is 2.31. The van der Waals surface area contributed by atoms with Crippen molar-refractivity contribution in [3.8, 4) is 5.75 Å². The van der Waals surface area contributed by atoms with Crippen LogP contribution < -0.4 is 4.74 Å². The monoisotopic (exact) mass is 448 g/mol. The molecule has 0 heterocycles. The molecule has 1 unspecified atom stereocenters. The van der Waals surface area contributed by atoms with Gasteiger partial charge in [-0.3, -0.25) is 9.59 Å². The van der Waals surface area contributed by atoms with E-state index in [1.165, 1.54) is 7.11 Å². The predicted molar refractivity (Wildman–Crippen MR) is 124 cm³/mol. The molecule has 0 saturated heterocycles. The minimum atomic E-state index is -2.00. The van der Waals surface area contributed by atoms with Gasteiger partial charge in [-0.15, -0.1) is 0 Å². The lowest BCUT2D eigenvalue weighted by atomic mass is 9.97. The van der Waals surface area contributed by atoms with Gasteiger partial charge in [0.25, 0.3) is 0 Å². The van der Waals surface area contributed by atoms with Crippen molar-refractivity contribution in [2.75, 3.05) is 21.0 Å². The van der Waals surface area contributed by atoms with Crippen LogP contribution in [-0.4, -0.2) is 47.2 Å². The lowest BCUT2D eigenvalue weighted by Gasteiger charge is -2.37. The van der Waals surface area contributed by atoms with Gasteiger partial charge in [-0.25, -0.2) is 0 Å². The second-order valence-electron chi connectivity index (χ2n) is 9.40. The summed E-state index contributed by atoms with van der Waals surface area (Å²) in [7, 11) is 0.944. The Bertz CT molecular complexity index is 822. The molecule has 0 saturated carbocycles. The van der Waals surface area contributed by atoms with E-state index >= 15 is 0 Å². The average molecular weight is 449 g/mol. The third-order valence-corrected chi connectivity index (χ3v) is 10.6. The van der Waals surface area contributed by atoms with Gasteiger partial charge in [-0.1, -0.05) is 39.0 Å². The second-order valence-corrected chi connectivity index (χ2v) is 14.2. The van der Waals surface area contributed by atoms with Crippen LogP contribution in [0.2, 0.25) is 18.1 Å². The number of allylic oxidation sites excluding steroid dienone is 1. The highest BCUT2D eigenvalue weighted by atomic mass is 28.4. The predicted octanol–water partition coefficient (Wildman–Crippen LogP) is 4.91. The molecular formula is C24H36O6Si. The van der Waals surface area contributed by atoms with E-state index in [9.17, 15) is 9.59 Å². The maximum atomic E-state index is 12.9. The fourth-order valence-electron chi connectivity index (χ4n) is 3.31. The summed E-state index contributed by atoms with van der Waals surface area (Å²) in [5.41, 5.74) is 2.31. The Labute approximate surface area is 187 Å². The number of carbonyl (C=O) groups is 2.